The van der Waals surface area contributed by atoms with Gasteiger partial charge in [-0.3, -0.25) is 9.48 Å². The minimum Gasteiger partial charge on any atom is -0.381 e. The lowest BCUT2D eigenvalue weighted by Crippen LogP contribution is -2.44. The average Bonchev–Trinajstić information content (AvgIpc) is 3.04. The van der Waals surface area contributed by atoms with Crippen LogP contribution in [0.25, 0.3) is 0 Å². The summed E-state index contributed by atoms with van der Waals surface area (Å²) in [5.74, 6) is 0.608. The van der Waals surface area contributed by atoms with Crippen molar-refractivity contribution in [3.8, 4) is 0 Å². The number of hydrogen-bond donors (Lipinski definition) is 1. The van der Waals surface area contributed by atoms with Gasteiger partial charge in [-0.1, -0.05) is 30.3 Å². The molecule has 1 aliphatic heterocycles. The van der Waals surface area contributed by atoms with Crippen LogP contribution in [0.15, 0.2) is 42.6 Å². The first-order valence-electron chi connectivity index (χ1n) is 7.73. The third kappa shape index (κ3) is 2.76. The molecule has 0 bridgehead atoms. The van der Waals surface area contributed by atoms with Crippen molar-refractivity contribution in [1.29, 1.82) is 0 Å². The zero-order chi connectivity index (χ0) is 15.4. The van der Waals surface area contributed by atoms with Gasteiger partial charge in [0.05, 0.1) is 5.41 Å². The van der Waals surface area contributed by atoms with E-state index in [1.54, 1.807) is 4.68 Å². The van der Waals surface area contributed by atoms with E-state index in [0.717, 1.165) is 12.1 Å². The van der Waals surface area contributed by atoms with Crippen molar-refractivity contribution in [2.75, 3.05) is 18.5 Å². The summed E-state index contributed by atoms with van der Waals surface area (Å²) in [4.78, 5) is 13.0. The molecule has 2 aromatic rings. The summed E-state index contributed by atoms with van der Waals surface area (Å²) in [6.45, 7) is 4.01. The van der Waals surface area contributed by atoms with Gasteiger partial charge in [0, 0.05) is 32.0 Å². The number of hydrogen-bond acceptors (Lipinski definition) is 3. The van der Waals surface area contributed by atoms with E-state index in [9.17, 15) is 4.79 Å². The Kier molecular flexibility index (Phi) is 4.24. The van der Waals surface area contributed by atoms with E-state index < -0.39 is 5.41 Å². The zero-order valence-corrected chi connectivity index (χ0v) is 12.8. The van der Waals surface area contributed by atoms with Gasteiger partial charge in [-0.05, 0) is 25.3 Å². The number of nitrogens with zero attached hydrogens (tertiary/aromatic N) is 2. The number of amides is 1. The Morgan fingerprint density at radius 2 is 2.00 bits per heavy atom. The molecule has 1 aromatic heterocycles. The minimum atomic E-state index is -0.532. The maximum Gasteiger partial charge on any atom is 0.236 e. The first-order valence-corrected chi connectivity index (χ1v) is 7.73. The van der Waals surface area contributed by atoms with Gasteiger partial charge in [-0.15, -0.1) is 0 Å². The van der Waals surface area contributed by atoms with Crippen LogP contribution in [-0.2, 0) is 21.5 Å². The summed E-state index contributed by atoms with van der Waals surface area (Å²) in [5, 5.41) is 7.32. The van der Waals surface area contributed by atoms with Gasteiger partial charge >= 0.3 is 0 Å². The fraction of sp³-hybridized carbons (Fsp3) is 0.412. The van der Waals surface area contributed by atoms with E-state index in [4.69, 9.17) is 4.74 Å². The molecule has 22 heavy (non-hydrogen) atoms. The molecule has 1 fully saturated rings. The molecule has 1 aromatic carbocycles. The summed E-state index contributed by atoms with van der Waals surface area (Å²) < 4.78 is 7.27. The molecule has 1 amide bonds. The molecule has 5 nitrogen and oxygen atoms in total. The van der Waals surface area contributed by atoms with Crippen molar-refractivity contribution in [2.45, 2.75) is 31.7 Å². The normalized spacial score (nSPS) is 17.1. The van der Waals surface area contributed by atoms with Crippen LogP contribution < -0.4 is 5.32 Å². The Bertz CT molecular complexity index is 630. The molecule has 1 saturated heterocycles. The molecule has 2 heterocycles. The molecule has 116 valence electrons. The van der Waals surface area contributed by atoms with Crippen molar-refractivity contribution in [3.63, 3.8) is 0 Å². The number of carbonyl (C=O) groups is 1. The Morgan fingerprint density at radius 3 is 2.64 bits per heavy atom. The van der Waals surface area contributed by atoms with Gasteiger partial charge in [0.1, 0.15) is 0 Å². The van der Waals surface area contributed by atoms with Crippen LogP contribution in [0.4, 0.5) is 5.82 Å². The van der Waals surface area contributed by atoms with Gasteiger partial charge in [-0.25, -0.2) is 0 Å². The van der Waals surface area contributed by atoms with Crippen LogP contribution in [0.1, 0.15) is 25.3 Å². The molecule has 0 atom stereocenters. The molecule has 0 aliphatic carbocycles. The number of aromatic nitrogens is 2. The fourth-order valence-electron chi connectivity index (χ4n) is 2.96. The molecule has 3 rings (SSSR count). The highest BCUT2D eigenvalue weighted by Crippen LogP contribution is 2.35. The topological polar surface area (TPSA) is 56.2 Å². The molecule has 1 N–H and O–H groups in total. The predicted octanol–water partition coefficient (Wildman–Crippen LogP) is 2.59. The number of rotatable bonds is 4. The SMILES string of the molecule is CCn1ccc(NC(=O)C2(c3ccccc3)CCOCC2)n1. The fourth-order valence-corrected chi connectivity index (χ4v) is 2.96. The maximum absolute atomic E-state index is 13.0. The Balaban J connectivity index is 1.87. The number of aryl methyl sites for hydroxylation is 1. The second-order valence-electron chi connectivity index (χ2n) is 5.57. The Hall–Kier alpha value is -2.14. The third-order valence-electron chi connectivity index (χ3n) is 4.31. The summed E-state index contributed by atoms with van der Waals surface area (Å²) in [5.41, 5.74) is 0.515. The second-order valence-corrected chi connectivity index (χ2v) is 5.57. The van der Waals surface area contributed by atoms with Crippen LogP contribution in [0.2, 0.25) is 0 Å². The molecule has 1 aliphatic rings. The molecular weight excluding hydrogens is 278 g/mol. The quantitative estimate of drug-likeness (QED) is 0.944. The number of anilines is 1. The van der Waals surface area contributed by atoms with E-state index in [-0.39, 0.29) is 5.91 Å². The highest BCUT2D eigenvalue weighted by Gasteiger charge is 2.41. The van der Waals surface area contributed by atoms with Crippen LogP contribution in [0, 0.1) is 0 Å². The number of ether oxygens (including phenoxy) is 1. The predicted molar refractivity (Wildman–Crippen MR) is 84.7 cm³/mol. The van der Waals surface area contributed by atoms with Crippen molar-refractivity contribution in [3.05, 3.63) is 48.2 Å². The second kappa shape index (κ2) is 6.32. The van der Waals surface area contributed by atoms with E-state index in [2.05, 4.69) is 10.4 Å². The van der Waals surface area contributed by atoms with Gasteiger partial charge in [0.2, 0.25) is 5.91 Å². The minimum absolute atomic E-state index is 0.00310. The van der Waals surface area contributed by atoms with Crippen LogP contribution in [-0.4, -0.2) is 28.9 Å². The van der Waals surface area contributed by atoms with Crippen LogP contribution >= 0.6 is 0 Å². The average molecular weight is 299 g/mol. The lowest BCUT2D eigenvalue weighted by Gasteiger charge is -2.36. The molecule has 5 heteroatoms. The third-order valence-corrected chi connectivity index (χ3v) is 4.31. The summed E-state index contributed by atoms with van der Waals surface area (Å²) in [7, 11) is 0. The number of carbonyl (C=O) groups excluding carboxylic acids is 1. The first kappa shape index (κ1) is 14.8. The maximum atomic E-state index is 13.0. The smallest absolute Gasteiger partial charge is 0.236 e. The van der Waals surface area contributed by atoms with Gasteiger partial charge in [-0.2, -0.15) is 5.10 Å². The Labute approximate surface area is 130 Å². The zero-order valence-electron chi connectivity index (χ0n) is 12.8. The molecule has 0 spiro atoms. The standard InChI is InChI=1S/C17H21N3O2/c1-2-20-11-8-15(19-20)18-16(21)17(9-12-22-13-10-17)14-6-4-3-5-7-14/h3-8,11H,2,9-10,12-13H2,1H3,(H,18,19,21). The van der Waals surface area contributed by atoms with E-state index in [1.807, 2.05) is 49.5 Å². The Morgan fingerprint density at radius 1 is 1.27 bits per heavy atom. The van der Waals surface area contributed by atoms with Crippen molar-refractivity contribution in [2.24, 2.45) is 0 Å². The van der Waals surface area contributed by atoms with Crippen molar-refractivity contribution >= 4 is 11.7 Å². The molecule has 0 radical (unpaired) electrons. The molecule has 0 unspecified atom stereocenters. The lowest BCUT2D eigenvalue weighted by molar-refractivity contribution is -0.125. The van der Waals surface area contributed by atoms with Crippen molar-refractivity contribution in [1.82, 2.24) is 9.78 Å². The molecular formula is C17H21N3O2. The monoisotopic (exact) mass is 299 g/mol. The summed E-state index contributed by atoms with van der Waals surface area (Å²) in [6, 6.07) is 11.8. The summed E-state index contributed by atoms with van der Waals surface area (Å²) >= 11 is 0. The largest absolute Gasteiger partial charge is 0.381 e. The number of benzene rings is 1. The van der Waals surface area contributed by atoms with E-state index >= 15 is 0 Å². The highest BCUT2D eigenvalue weighted by atomic mass is 16.5. The van der Waals surface area contributed by atoms with Crippen LogP contribution in [0.3, 0.4) is 0 Å². The van der Waals surface area contributed by atoms with E-state index in [0.29, 0.717) is 31.9 Å². The first-order chi connectivity index (χ1) is 10.7. The van der Waals surface area contributed by atoms with Gasteiger partial charge in [0.15, 0.2) is 5.82 Å². The van der Waals surface area contributed by atoms with Crippen molar-refractivity contribution < 1.29 is 9.53 Å². The van der Waals surface area contributed by atoms with Gasteiger partial charge in [0.25, 0.3) is 0 Å². The highest BCUT2D eigenvalue weighted by molar-refractivity contribution is 5.98. The van der Waals surface area contributed by atoms with E-state index in [1.165, 1.54) is 0 Å². The summed E-state index contributed by atoms with van der Waals surface area (Å²) in [6.07, 6.45) is 3.25. The molecule has 0 saturated carbocycles. The van der Waals surface area contributed by atoms with Crippen LogP contribution in [0.5, 0.6) is 0 Å². The lowest BCUT2D eigenvalue weighted by atomic mass is 9.73. The van der Waals surface area contributed by atoms with Gasteiger partial charge < -0.3 is 10.1 Å². The number of nitrogens with one attached hydrogen (secondary N) is 1.